The van der Waals surface area contributed by atoms with Gasteiger partial charge in [-0.05, 0) is 50.1 Å². The van der Waals surface area contributed by atoms with E-state index in [2.05, 4.69) is 15.2 Å². The molecule has 2 heterocycles. The van der Waals surface area contributed by atoms with Crippen molar-refractivity contribution >= 4 is 35.4 Å². The van der Waals surface area contributed by atoms with Gasteiger partial charge in [0.1, 0.15) is 11.2 Å². The Morgan fingerprint density at radius 2 is 1.63 bits per heavy atom. The average molecular weight is 533 g/mol. The van der Waals surface area contributed by atoms with Crippen molar-refractivity contribution in [3.8, 4) is 0 Å². The topological polar surface area (TPSA) is 80.2 Å². The summed E-state index contributed by atoms with van der Waals surface area (Å²) in [6.45, 7) is 6.79. The summed E-state index contributed by atoms with van der Waals surface area (Å²) in [5, 5.41) is 17.2. The molecule has 0 amide bonds. The van der Waals surface area contributed by atoms with E-state index in [1.807, 2.05) is 20.8 Å². The second kappa shape index (κ2) is 9.97. The standard InChI is InChI=1S/C19H15Cl2F3N2O2.C5H10O2/c20-14-5-13(6-15(21)7-14)18(19(22,23)24)8-16(26-28-18)11-1-3-12(4-2-11)17(27)9-25-10-17;1-5(2,3)7-4-6/h1-7,25,27H,8-10H2;4H,1-3H3/t18-;/m0./s1. The van der Waals surface area contributed by atoms with Gasteiger partial charge in [0.05, 0.1) is 5.71 Å². The fourth-order valence-electron chi connectivity index (χ4n) is 3.53. The molecule has 1 saturated heterocycles. The molecule has 190 valence electrons. The molecule has 0 bridgehead atoms. The summed E-state index contributed by atoms with van der Waals surface area (Å²) in [4.78, 5) is 14.6. The molecule has 0 aromatic heterocycles. The zero-order valence-electron chi connectivity index (χ0n) is 19.2. The van der Waals surface area contributed by atoms with Gasteiger partial charge >= 0.3 is 6.18 Å². The number of nitrogens with one attached hydrogen (secondary N) is 1. The molecule has 35 heavy (non-hydrogen) atoms. The Morgan fingerprint density at radius 1 is 1.06 bits per heavy atom. The van der Waals surface area contributed by atoms with E-state index in [-0.39, 0.29) is 26.9 Å². The van der Waals surface area contributed by atoms with E-state index in [1.165, 1.54) is 18.2 Å². The molecule has 2 aliphatic rings. The van der Waals surface area contributed by atoms with E-state index >= 15 is 0 Å². The zero-order valence-corrected chi connectivity index (χ0v) is 20.8. The van der Waals surface area contributed by atoms with Crippen LogP contribution in [0, 0.1) is 0 Å². The van der Waals surface area contributed by atoms with Crippen molar-refractivity contribution in [2.24, 2.45) is 5.16 Å². The van der Waals surface area contributed by atoms with Gasteiger partial charge in [-0.1, -0.05) is 52.6 Å². The molecule has 0 unspecified atom stereocenters. The Morgan fingerprint density at radius 3 is 2.03 bits per heavy atom. The van der Waals surface area contributed by atoms with Crippen LogP contribution in [0.3, 0.4) is 0 Å². The molecule has 11 heteroatoms. The number of carbonyl (C=O) groups is 1. The number of benzene rings is 2. The zero-order chi connectivity index (χ0) is 26.1. The van der Waals surface area contributed by atoms with E-state index in [9.17, 15) is 23.1 Å². The van der Waals surface area contributed by atoms with Crippen LogP contribution in [0.15, 0.2) is 47.6 Å². The number of aliphatic hydroxyl groups is 1. The fourth-order valence-corrected chi connectivity index (χ4v) is 4.05. The Labute approximate surface area is 211 Å². The lowest BCUT2D eigenvalue weighted by Crippen LogP contribution is -2.56. The van der Waals surface area contributed by atoms with Crippen LogP contribution >= 0.6 is 23.2 Å². The van der Waals surface area contributed by atoms with Crippen molar-refractivity contribution in [2.75, 3.05) is 13.1 Å². The Kier molecular flexibility index (Phi) is 7.76. The number of hydrogen-bond donors (Lipinski definition) is 2. The summed E-state index contributed by atoms with van der Waals surface area (Å²) in [5.41, 5.74) is -2.80. The van der Waals surface area contributed by atoms with Crippen LogP contribution in [0.2, 0.25) is 10.0 Å². The van der Waals surface area contributed by atoms with Crippen molar-refractivity contribution in [2.45, 2.75) is 50.2 Å². The first-order valence-corrected chi connectivity index (χ1v) is 11.4. The molecule has 2 aromatic carbocycles. The van der Waals surface area contributed by atoms with E-state index in [4.69, 9.17) is 28.0 Å². The van der Waals surface area contributed by atoms with Gasteiger partial charge < -0.3 is 20.0 Å². The quantitative estimate of drug-likeness (QED) is 0.520. The molecule has 2 N–H and O–H groups in total. The van der Waals surface area contributed by atoms with Crippen LogP contribution < -0.4 is 5.32 Å². The minimum absolute atomic E-state index is 0.0786. The molecule has 0 aliphatic carbocycles. The molecular formula is C24H25Cl2F3N2O4. The van der Waals surface area contributed by atoms with Gasteiger partial charge in [0.25, 0.3) is 12.1 Å². The van der Waals surface area contributed by atoms with E-state index in [1.54, 1.807) is 24.3 Å². The summed E-state index contributed by atoms with van der Waals surface area (Å²) in [7, 11) is 0. The maximum absolute atomic E-state index is 14.0. The minimum atomic E-state index is -4.74. The van der Waals surface area contributed by atoms with Crippen LogP contribution in [-0.2, 0) is 25.6 Å². The normalized spacial score (nSPS) is 21.1. The second-order valence-electron chi connectivity index (χ2n) is 9.33. The molecule has 6 nitrogen and oxygen atoms in total. The summed E-state index contributed by atoms with van der Waals surface area (Å²) in [6, 6.07) is 10.3. The van der Waals surface area contributed by atoms with Gasteiger partial charge in [-0.15, -0.1) is 0 Å². The van der Waals surface area contributed by atoms with Crippen LogP contribution in [-0.4, -0.2) is 42.2 Å². The van der Waals surface area contributed by atoms with Crippen LogP contribution in [0.25, 0.3) is 0 Å². The largest absolute Gasteiger partial charge is 0.462 e. The maximum Gasteiger partial charge on any atom is 0.435 e. The molecule has 0 radical (unpaired) electrons. The number of hydrogen-bond acceptors (Lipinski definition) is 6. The van der Waals surface area contributed by atoms with E-state index < -0.39 is 23.8 Å². The van der Waals surface area contributed by atoms with Gasteiger partial charge in [0.2, 0.25) is 0 Å². The third-order valence-electron chi connectivity index (χ3n) is 5.51. The Hall–Kier alpha value is -2.33. The van der Waals surface area contributed by atoms with Gasteiger partial charge in [0, 0.05) is 35.1 Å². The summed E-state index contributed by atoms with van der Waals surface area (Å²) in [5.74, 6) is 0. The number of rotatable bonds is 4. The minimum Gasteiger partial charge on any atom is -0.462 e. The van der Waals surface area contributed by atoms with Gasteiger partial charge in [-0.2, -0.15) is 13.2 Å². The maximum atomic E-state index is 14.0. The van der Waals surface area contributed by atoms with Gasteiger partial charge in [0.15, 0.2) is 0 Å². The SMILES string of the molecule is CC(C)(C)OC=O.OC1(c2ccc(C3=NO[C@@](c4cc(Cl)cc(Cl)c4)(C(F)(F)F)C3)cc2)CNC1. The van der Waals surface area contributed by atoms with Crippen molar-refractivity contribution in [3.63, 3.8) is 0 Å². The van der Waals surface area contributed by atoms with E-state index in [0.29, 0.717) is 30.7 Å². The van der Waals surface area contributed by atoms with Crippen LogP contribution in [0.4, 0.5) is 13.2 Å². The lowest BCUT2D eigenvalue weighted by molar-refractivity contribution is -0.275. The first kappa shape index (κ1) is 27.3. The second-order valence-corrected chi connectivity index (χ2v) is 10.2. The third-order valence-corrected chi connectivity index (χ3v) is 5.94. The van der Waals surface area contributed by atoms with Gasteiger partial charge in [-0.25, -0.2) is 0 Å². The highest BCUT2D eigenvalue weighted by molar-refractivity contribution is 6.34. The van der Waals surface area contributed by atoms with Crippen molar-refractivity contribution in [1.29, 1.82) is 0 Å². The first-order chi connectivity index (χ1) is 16.2. The van der Waals surface area contributed by atoms with Gasteiger partial charge in [-0.3, -0.25) is 4.79 Å². The molecule has 2 aliphatic heterocycles. The number of ether oxygens (including phenoxy) is 1. The van der Waals surface area contributed by atoms with Crippen molar-refractivity contribution in [1.82, 2.24) is 5.32 Å². The number of halogens is 5. The highest BCUT2D eigenvalue weighted by Gasteiger charge is 2.62. The van der Waals surface area contributed by atoms with E-state index in [0.717, 1.165) is 0 Å². The van der Waals surface area contributed by atoms with Crippen molar-refractivity contribution < 1.29 is 32.6 Å². The average Bonchev–Trinajstić information content (AvgIpc) is 3.18. The molecular weight excluding hydrogens is 508 g/mol. The molecule has 2 aromatic rings. The molecule has 0 saturated carbocycles. The molecule has 1 atom stereocenters. The monoisotopic (exact) mass is 532 g/mol. The highest BCUT2D eigenvalue weighted by atomic mass is 35.5. The first-order valence-electron chi connectivity index (χ1n) is 10.6. The number of oxime groups is 1. The lowest BCUT2D eigenvalue weighted by Gasteiger charge is -2.38. The summed E-state index contributed by atoms with van der Waals surface area (Å²) in [6.07, 6.45) is -5.25. The third kappa shape index (κ3) is 6.09. The molecule has 0 spiro atoms. The van der Waals surface area contributed by atoms with Crippen LogP contribution in [0.5, 0.6) is 0 Å². The number of β-amino-alcohol motifs (C(OH)–C–C–N with tert-alkyl or cyclic N) is 1. The Balaban J connectivity index is 0.000000429. The molecule has 4 rings (SSSR count). The smallest absolute Gasteiger partial charge is 0.435 e. The lowest BCUT2D eigenvalue weighted by atomic mass is 9.85. The predicted octanol–water partition coefficient (Wildman–Crippen LogP) is 5.32. The number of alkyl halides is 3. The summed E-state index contributed by atoms with van der Waals surface area (Å²) < 4.78 is 46.6. The molecule has 1 fully saturated rings. The van der Waals surface area contributed by atoms with Crippen molar-refractivity contribution in [3.05, 3.63) is 69.2 Å². The van der Waals surface area contributed by atoms with Crippen LogP contribution in [0.1, 0.15) is 43.9 Å². The highest BCUT2D eigenvalue weighted by Crippen LogP contribution is 2.49. The fraction of sp³-hybridized carbons (Fsp3) is 0.417. The summed E-state index contributed by atoms with van der Waals surface area (Å²) >= 11 is 11.8. The number of carbonyl (C=O) groups excluding carboxylic acids is 1. The predicted molar refractivity (Wildman–Crippen MR) is 127 cm³/mol. The Bertz CT molecular complexity index is 1080. The number of nitrogens with zero attached hydrogens (tertiary/aromatic N) is 1.